The van der Waals surface area contributed by atoms with E-state index in [2.05, 4.69) is 19.3 Å². The van der Waals surface area contributed by atoms with E-state index in [4.69, 9.17) is 47.9 Å². The standard InChI is InChI=1S/C27H37N5O21P2/c1-10(33)44-6-16(46-11(2)34)20-21(47-12(3)35)22(48-13(4)36)23(49-14(5)37)27(51-20)52-55(42,43)53-54(40,41)45-7-15-18(38)19(39)26(50-15)32-9-31-17-24(28)29-8-30-25(17)32/h8-9,15-16,18-23,26-27,38-39H,6-7H2,1-5H3,(H,40,41)(H,42,43)(H2,28,29,30)/t15-,16+,18?,19?,20?,21-,22?,23?,26-,27+/m1/s1. The number of nitrogens with two attached hydrogens (primary N) is 1. The number of aliphatic hydroxyl groups is 2. The first kappa shape index (κ1) is 43.5. The molecule has 6 N–H and O–H groups in total. The number of carbonyl (C=O) groups excluding carboxylic acids is 5. The van der Waals surface area contributed by atoms with Gasteiger partial charge in [-0.05, 0) is 0 Å². The van der Waals surface area contributed by atoms with Crippen molar-refractivity contribution in [1.29, 1.82) is 0 Å². The van der Waals surface area contributed by atoms with Gasteiger partial charge in [0.05, 0.1) is 12.9 Å². The number of hydrogen-bond donors (Lipinski definition) is 5. The molecule has 0 aromatic carbocycles. The van der Waals surface area contributed by atoms with Crippen molar-refractivity contribution in [2.75, 3.05) is 18.9 Å². The normalized spacial score (nSPS) is 29.3. The lowest BCUT2D eigenvalue weighted by Gasteiger charge is -2.45. The topological polar surface area (TPSA) is 362 Å². The number of nitrogen functional groups attached to an aromatic ring is 1. The van der Waals surface area contributed by atoms with Crippen molar-refractivity contribution in [3.05, 3.63) is 12.7 Å². The van der Waals surface area contributed by atoms with Gasteiger partial charge in [-0.2, -0.15) is 4.31 Å². The van der Waals surface area contributed by atoms with Gasteiger partial charge in [0, 0.05) is 34.6 Å². The van der Waals surface area contributed by atoms with Crippen LogP contribution < -0.4 is 5.73 Å². The van der Waals surface area contributed by atoms with Gasteiger partial charge in [0.15, 0.2) is 42.1 Å². The number of imidazole rings is 1. The van der Waals surface area contributed by atoms with E-state index in [0.717, 1.165) is 40.9 Å². The maximum absolute atomic E-state index is 13.2. The second-order valence-electron chi connectivity index (χ2n) is 11.7. The Morgan fingerprint density at radius 3 is 2.05 bits per heavy atom. The molecule has 4 heterocycles. The molecular formula is C27H37N5O21P2. The number of rotatable bonds is 15. The number of anilines is 1. The average molecular weight is 830 g/mol. The van der Waals surface area contributed by atoms with E-state index in [1.807, 2.05) is 0 Å². The fraction of sp³-hybridized carbons (Fsp3) is 0.630. The number of hydrogen-bond acceptors (Lipinski definition) is 23. The highest BCUT2D eigenvalue weighted by atomic mass is 31.3. The zero-order chi connectivity index (χ0) is 41.0. The highest BCUT2D eigenvalue weighted by Gasteiger charge is 2.57. The fourth-order valence-electron chi connectivity index (χ4n) is 5.42. The van der Waals surface area contributed by atoms with Crippen molar-refractivity contribution in [3.63, 3.8) is 0 Å². The molecule has 4 rings (SSSR count). The van der Waals surface area contributed by atoms with Crippen molar-refractivity contribution in [3.8, 4) is 0 Å². The van der Waals surface area contributed by atoms with Gasteiger partial charge in [-0.15, -0.1) is 0 Å². The molecule has 2 aliphatic heterocycles. The van der Waals surface area contributed by atoms with Crippen molar-refractivity contribution >= 4 is 62.5 Å². The van der Waals surface area contributed by atoms with E-state index in [9.17, 15) is 53.1 Å². The third-order valence-electron chi connectivity index (χ3n) is 7.42. The molecule has 0 bridgehead atoms. The first-order chi connectivity index (χ1) is 25.6. The van der Waals surface area contributed by atoms with Gasteiger partial charge >= 0.3 is 45.5 Å². The van der Waals surface area contributed by atoms with Crippen LogP contribution in [-0.2, 0) is 79.6 Å². The molecule has 2 aromatic heterocycles. The zero-order valence-corrected chi connectivity index (χ0v) is 31.1. The number of phosphoric ester groups is 2. The first-order valence-electron chi connectivity index (χ1n) is 15.7. The smallest absolute Gasteiger partial charge is 0.462 e. The number of phosphoric acid groups is 2. The van der Waals surface area contributed by atoms with Crippen LogP contribution in [0.3, 0.4) is 0 Å². The minimum Gasteiger partial charge on any atom is -0.462 e. The minimum absolute atomic E-state index is 0.00339. The molecule has 2 fully saturated rings. The van der Waals surface area contributed by atoms with E-state index < -0.39 is 120 Å². The second-order valence-corrected chi connectivity index (χ2v) is 14.7. The quantitative estimate of drug-likeness (QED) is 0.0758. The van der Waals surface area contributed by atoms with Gasteiger partial charge in [-0.1, -0.05) is 0 Å². The van der Waals surface area contributed by atoms with Gasteiger partial charge < -0.3 is 58.9 Å². The number of fused-ring (bicyclic) bond motifs is 1. The van der Waals surface area contributed by atoms with Gasteiger partial charge in [-0.25, -0.2) is 24.1 Å². The summed E-state index contributed by atoms with van der Waals surface area (Å²) in [6, 6.07) is 0. The van der Waals surface area contributed by atoms with Crippen molar-refractivity contribution in [2.45, 2.75) is 96.0 Å². The minimum atomic E-state index is -5.95. The molecule has 55 heavy (non-hydrogen) atoms. The first-order valence-corrected chi connectivity index (χ1v) is 18.7. The number of carbonyl (C=O) groups is 5. The molecule has 28 heteroatoms. The number of esters is 5. The third kappa shape index (κ3) is 11.2. The summed E-state index contributed by atoms with van der Waals surface area (Å²) in [5.74, 6) is -5.18. The summed E-state index contributed by atoms with van der Waals surface area (Å²) >= 11 is 0. The molecule has 7 unspecified atom stereocenters. The molecule has 0 amide bonds. The Labute approximate surface area is 309 Å². The van der Waals surface area contributed by atoms with Gasteiger partial charge in [0.25, 0.3) is 0 Å². The van der Waals surface area contributed by atoms with Crippen LogP contribution in [0, 0.1) is 0 Å². The van der Waals surface area contributed by atoms with Gasteiger partial charge in [-0.3, -0.25) is 37.6 Å². The summed E-state index contributed by atoms with van der Waals surface area (Å²) < 4.78 is 78.4. The summed E-state index contributed by atoms with van der Waals surface area (Å²) in [7, 11) is -11.7. The van der Waals surface area contributed by atoms with Crippen LogP contribution in [0.15, 0.2) is 12.7 Å². The highest BCUT2D eigenvalue weighted by Crippen LogP contribution is 2.61. The predicted molar refractivity (Wildman–Crippen MR) is 171 cm³/mol. The molecule has 2 saturated heterocycles. The van der Waals surface area contributed by atoms with E-state index >= 15 is 0 Å². The van der Waals surface area contributed by atoms with E-state index in [-0.39, 0.29) is 17.0 Å². The Kier molecular flexibility index (Phi) is 14.0. The largest absolute Gasteiger partial charge is 0.483 e. The Morgan fingerprint density at radius 2 is 1.45 bits per heavy atom. The third-order valence-corrected chi connectivity index (χ3v) is 10.0. The van der Waals surface area contributed by atoms with Crippen molar-refractivity contribution < 1.29 is 99.6 Å². The molecule has 0 spiro atoms. The van der Waals surface area contributed by atoms with Crippen molar-refractivity contribution in [1.82, 2.24) is 19.5 Å². The molecular weight excluding hydrogens is 792 g/mol. The molecule has 0 saturated carbocycles. The molecule has 0 radical (unpaired) electrons. The van der Waals surface area contributed by atoms with Crippen LogP contribution in [0.2, 0.25) is 0 Å². The second kappa shape index (κ2) is 17.7. The highest BCUT2D eigenvalue weighted by molar-refractivity contribution is 7.61. The molecule has 2 aromatic rings. The lowest BCUT2D eigenvalue weighted by molar-refractivity contribution is -0.301. The lowest BCUT2D eigenvalue weighted by atomic mass is 9.94. The predicted octanol–water partition coefficient (Wildman–Crippen LogP) is -1.71. The summed E-state index contributed by atoms with van der Waals surface area (Å²) in [5, 5.41) is 21.2. The fourth-order valence-corrected chi connectivity index (χ4v) is 7.58. The molecule has 26 nitrogen and oxygen atoms in total. The SMILES string of the molecule is CC(=O)OC[C@H](OC(C)=O)C1O[C@@H](OP(=O)(O)OP(=O)(O)OC[C@H]2O[C@@H](n3cnc4c(N)ncnc43)C(O)C2O)C(OC(C)=O)C(OC(C)=O)[C@@H]1OC(C)=O. The Bertz CT molecular complexity index is 1860. The maximum atomic E-state index is 13.2. The van der Waals surface area contributed by atoms with E-state index in [0.29, 0.717) is 0 Å². The number of ether oxygens (including phenoxy) is 7. The molecule has 2 aliphatic rings. The van der Waals surface area contributed by atoms with Crippen LogP contribution in [0.5, 0.6) is 0 Å². The Hall–Kier alpha value is -4.20. The van der Waals surface area contributed by atoms with Crippen molar-refractivity contribution in [2.24, 2.45) is 0 Å². The summed E-state index contributed by atoms with van der Waals surface area (Å²) in [6.07, 6.45) is -16.2. The summed E-state index contributed by atoms with van der Waals surface area (Å²) in [5.41, 5.74) is 6.00. The monoisotopic (exact) mass is 829 g/mol. The number of nitrogens with zero attached hydrogens (tertiary/aromatic N) is 4. The molecule has 12 atom stereocenters. The van der Waals surface area contributed by atoms with Crippen LogP contribution >= 0.6 is 15.6 Å². The van der Waals surface area contributed by atoms with Crippen LogP contribution in [0.1, 0.15) is 40.8 Å². The average Bonchev–Trinajstić information content (AvgIpc) is 3.60. The lowest BCUT2D eigenvalue weighted by Crippen LogP contribution is -2.65. The molecule has 0 aliphatic carbocycles. The summed E-state index contributed by atoms with van der Waals surface area (Å²) in [6.45, 7) is 2.71. The van der Waals surface area contributed by atoms with Gasteiger partial charge in [0.2, 0.25) is 6.29 Å². The Morgan fingerprint density at radius 1 is 0.836 bits per heavy atom. The van der Waals surface area contributed by atoms with Crippen LogP contribution in [-0.4, -0.2) is 138 Å². The Balaban J connectivity index is 1.57. The van der Waals surface area contributed by atoms with Crippen LogP contribution in [0.4, 0.5) is 5.82 Å². The zero-order valence-electron chi connectivity index (χ0n) is 29.3. The number of aliphatic hydroxyl groups excluding tert-OH is 2. The molecule has 306 valence electrons. The van der Waals surface area contributed by atoms with Crippen LogP contribution in [0.25, 0.3) is 11.2 Å². The number of aromatic nitrogens is 4. The summed E-state index contributed by atoms with van der Waals surface area (Å²) in [4.78, 5) is 92.9. The van der Waals surface area contributed by atoms with E-state index in [1.165, 1.54) is 10.9 Å². The van der Waals surface area contributed by atoms with Gasteiger partial charge in [0.1, 0.15) is 42.9 Å². The van der Waals surface area contributed by atoms with E-state index in [1.54, 1.807) is 0 Å². The maximum Gasteiger partial charge on any atom is 0.483 e.